The lowest BCUT2D eigenvalue weighted by atomic mass is 10.0. The predicted octanol–water partition coefficient (Wildman–Crippen LogP) is 2.76. The Balaban J connectivity index is 3.41. The number of ether oxygens (including phenoxy) is 1. The molecule has 0 spiro atoms. The summed E-state index contributed by atoms with van der Waals surface area (Å²) in [5, 5.41) is 0. The summed E-state index contributed by atoms with van der Waals surface area (Å²) in [6.45, 7) is -1.19. The van der Waals surface area contributed by atoms with Gasteiger partial charge in [-0.25, -0.2) is 0 Å². The Bertz CT molecular complexity index is 402. The van der Waals surface area contributed by atoms with Gasteiger partial charge in [0.15, 0.2) is 0 Å². The van der Waals surface area contributed by atoms with Gasteiger partial charge in [0.2, 0.25) is 0 Å². The summed E-state index contributed by atoms with van der Waals surface area (Å²) in [5.74, 6) is -3.87. The van der Waals surface area contributed by atoms with E-state index in [-0.39, 0.29) is 5.75 Å². The highest BCUT2D eigenvalue weighted by Crippen LogP contribution is 2.40. The maximum atomic E-state index is 13.2. The molecule has 1 aromatic carbocycles. The van der Waals surface area contributed by atoms with Crippen LogP contribution in [0.3, 0.4) is 0 Å². The van der Waals surface area contributed by atoms with Gasteiger partial charge in [0, 0.05) is 5.56 Å². The second kappa shape index (κ2) is 4.48. The minimum atomic E-state index is -4.89. The van der Waals surface area contributed by atoms with E-state index in [2.05, 4.69) is 4.74 Å². The van der Waals surface area contributed by atoms with Crippen molar-refractivity contribution in [1.82, 2.24) is 0 Å². The first-order valence-corrected chi connectivity index (χ1v) is 4.56. The van der Waals surface area contributed by atoms with Crippen LogP contribution in [0.15, 0.2) is 18.2 Å². The van der Waals surface area contributed by atoms with Gasteiger partial charge in [0.1, 0.15) is 5.75 Å². The minimum Gasteiger partial charge on any atom is -0.497 e. The van der Waals surface area contributed by atoms with Crippen molar-refractivity contribution in [2.24, 2.45) is 5.73 Å². The molecule has 0 bridgehead atoms. The van der Waals surface area contributed by atoms with E-state index in [0.29, 0.717) is 12.1 Å². The SMILES string of the molecule is COc1ccc(C(F)(F)CN)c(C(F)(F)F)c1. The summed E-state index contributed by atoms with van der Waals surface area (Å²) in [6, 6.07) is 2.24. The fraction of sp³-hybridized carbons (Fsp3) is 0.400. The molecule has 96 valence electrons. The summed E-state index contributed by atoms with van der Waals surface area (Å²) in [4.78, 5) is 0. The molecule has 0 aromatic heterocycles. The summed E-state index contributed by atoms with van der Waals surface area (Å²) in [7, 11) is 1.15. The van der Waals surface area contributed by atoms with Gasteiger partial charge < -0.3 is 10.5 Å². The van der Waals surface area contributed by atoms with Crippen LogP contribution in [0.1, 0.15) is 11.1 Å². The lowest BCUT2D eigenvalue weighted by Gasteiger charge is -2.20. The largest absolute Gasteiger partial charge is 0.497 e. The highest BCUT2D eigenvalue weighted by molar-refractivity contribution is 5.40. The molecule has 1 aromatic rings. The van der Waals surface area contributed by atoms with Crippen molar-refractivity contribution in [3.05, 3.63) is 29.3 Å². The van der Waals surface area contributed by atoms with E-state index < -0.39 is 29.8 Å². The molecule has 1 rings (SSSR count). The van der Waals surface area contributed by atoms with Crippen LogP contribution >= 0.6 is 0 Å². The van der Waals surface area contributed by atoms with E-state index in [1.54, 1.807) is 0 Å². The molecule has 0 radical (unpaired) electrons. The first-order valence-electron chi connectivity index (χ1n) is 4.56. The fourth-order valence-corrected chi connectivity index (χ4v) is 1.31. The number of nitrogens with two attached hydrogens (primary N) is 1. The van der Waals surface area contributed by atoms with Crippen LogP contribution in [0.2, 0.25) is 0 Å². The number of halogens is 5. The first-order chi connectivity index (χ1) is 7.72. The standard InChI is InChI=1S/C10H10F5NO/c1-17-6-2-3-7(9(11,12)5-16)8(4-6)10(13,14)15/h2-4H,5,16H2,1H3. The molecule has 0 aliphatic rings. The molecule has 0 saturated heterocycles. The van der Waals surface area contributed by atoms with Crippen molar-refractivity contribution in [2.75, 3.05) is 13.7 Å². The van der Waals surface area contributed by atoms with Gasteiger partial charge >= 0.3 is 6.18 Å². The maximum Gasteiger partial charge on any atom is 0.417 e. The number of hydrogen-bond acceptors (Lipinski definition) is 2. The van der Waals surface area contributed by atoms with Gasteiger partial charge in [-0.3, -0.25) is 0 Å². The van der Waals surface area contributed by atoms with E-state index in [1.807, 2.05) is 0 Å². The highest BCUT2D eigenvalue weighted by atomic mass is 19.4. The average molecular weight is 255 g/mol. The third-order valence-electron chi connectivity index (χ3n) is 2.18. The van der Waals surface area contributed by atoms with Crippen LogP contribution in [0, 0.1) is 0 Å². The van der Waals surface area contributed by atoms with Gasteiger partial charge in [0.05, 0.1) is 19.2 Å². The second-order valence-corrected chi connectivity index (χ2v) is 3.32. The third-order valence-corrected chi connectivity index (χ3v) is 2.18. The molecular weight excluding hydrogens is 245 g/mol. The maximum absolute atomic E-state index is 13.2. The fourth-order valence-electron chi connectivity index (χ4n) is 1.31. The Morgan fingerprint density at radius 3 is 2.12 bits per heavy atom. The monoisotopic (exact) mass is 255 g/mol. The van der Waals surface area contributed by atoms with Gasteiger partial charge in [0.25, 0.3) is 5.92 Å². The minimum absolute atomic E-state index is 0.145. The Morgan fingerprint density at radius 1 is 1.12 bits per heavy atom. The van der Waals surface area contributed by atoms with Crippen LogP contribution in [0.4, 0.5) is 22.0 Å². The Morgan fingerprint density at radius 2 is 1.71 bits per heavy atom. The number of hydrogen-bond donors (Lipinski definition) is 1. The molecule has 0 heterocycles. The normalized spacial score (nSPS) is 12.6. The van der Waals surface area contributed by atoms with Crippen LogP contribution in [0.5, 0.6) is 5.75 Å². The molecule has 2 N–H and O–H groups in total. The first kappa shape index (κ1) is 13.7. The zero-order valence-electron chi connectivity index (χ0n) is 8.81. The summed E-state index contributed by atoms with van der Waals surface area (Å²) in [5.41, 5.74) is 2.19. The van der Waals surface area contributed by atoms with E-state index in [9.17, 15) is 22.0 Å². The lowest BCUT2D eigenvalue weighted by molar-refractivity contribution is -0.141. The Hall–Kier alpha value is -1.37. The Kier molecular flexibility index (Phi) is 3.61. The van der Waals surface area contributed by atoms with Crippen molar-refractivity contribution in [2.45, 2.75) is 12.1 Å². The van der Waals surface area contributed by atoms with Crippen molar-refractivity contribution in [3.8, 4) is 5.75 Å². The molecule has 0 atom stereocenters. The van der Waals surface area contributed by atoms with E-state index in [4.69, 9.17) is 5.73 Å². The molecule has 17 heavy (non-hydrogen) atoms. The topological polar surface area (TPSA) is 35.2 Å². The number of alkyl halides is 5. The molecule has 7 heteroatoms. The number of benzene rings is 1. The molecule has 2 nitrogen and oxygen atoms in total. The molecule has 0 saturated carbocycles. The van der Waals surface area contributed by atoms with Crippen molar-refractivity contribution in [1.29, 1.82) is 0 Å². The molecule has 0 fully saturated rings. The number of rotatable bonds is 3. The highest BCUT2D eigenvalue weighted by Gasteiger charge is 2.42. The summed E-state index contributed by atoms with van der Waals surface area (Å²) in [6.07, 6.45) is -4.89. The van der Waals surface area contributed by atoms with Crippen molar-refractivity contribution < 1.29 is 26.7 Å². The number of methoxy groups -OCH3 is 1. The van der Waals surface area contributed by atoms with Gasteiger partial charge in [-0.1, -0.05) is 0 Å². The predicted molar refractivity (Wildman–Crippen MR) is 50.9 cm³/mol. The quantitative estimate of drug-likeness (QED) is 0.843. The van der Waals surface area contributed by atoms with Crippen LogP contribution in [0.25, 0.3) is 0 Å². The zero-order valence-corrected chi connectivity index (χ0v) is 8.81. The van der Waals surface area contributed by atoms with Crippen LogP contribution < -0.4 is 10.5 Å². The van der Waals surface area contributed by atoms with Crippen molar-refractivity contribution >= 4 is 0 Å². The molecule has 0 unspecified atom stereocenters. The zero-order chi connectivity index (χ0) is 13.3. The molecular formula is C10H10F5NO. The molecule has 0 amide bonds. The van der Waals surface area contributed by atoms with Gasteiger partial charge in [-0.05, 0) is 18.2 Å². The third kappa shape index (κ3) is 2.85. The van der Waals surface area contributed by atoms with Crippen molar-refractivity contribution in [3.63, 3.8) is 0 Å². The second-order valence-electron chi connectivity index (χ2n) is 3.32. The average Bonchev–Trinajstić information content (AvgIpc) is 2.27. The van der Waals surface area contributed by atoms with E-state index in [0.717, 1.165) is 13.2 Å². The van der Waals surface area contributed by atoms with Crippen LogP contribution in [-0.4, -0.2) is 13.7 Å². The van der Waals surface area contributed by atoms with Gasteiger partial charge in [-0.15, -0.1) is 0 Å². The van der Waals surface area contributed by atoms with E-state index >= 15 is 0 Å². The summed E-state index contributed by atoms with van der Waals surface area (Å²) < 4.78 is 68.9. The smallest absolute Gasteiger partial charge is 0.417 e. The summed E-state index contributed by atoms with van der Waals surface area (Å²) >= 11 is 0. The van der Waals surface area contributed by atoms with E-state index in [1.165, 1.54) is 0 Å². The molecule has 0 aliphatic carbocycles. The van der Waals surface area contributed by atoms with Crippen LogP contribution in [-0.2, 0) is 12.1 Å². The lowest BCUT2D eigenvalue weighted by Crippen LogP contribution is -2.28. The molecule has 0 aliphatic heterocycles. The Labute approximate surface area is 94.2 Å². The van der Waals surface area contributed by atoms with Gasteiger partial charge in [-0.2, -0.15) is 22.0 Å².